The Morgan fingerprint density at radius 1 is 0.875 bits per heavy atom. The molecule has 1 fully saturated rings. The molecule has 1 saturated heterocycles. The fourth-order valence-corrected chi connectivity index (χ4v) is 3.13. The molecule has 5 nitrogen and oxygen atoms in total. The third-order valence-corrected chi connectivity index (χ3v) is 4.54. The lowest BCUT2D eigenvalue weighted by Gasteiger charge is -2.15. The van der Waals surface area contributed by atoms with Crippen LogP contribution >= 0.6 is 23.2 Å². The molecule has 2 aromatic carbocycles. The monoisotopic (exact) mass is 360 g/mol. The molecule has 2 aromatic rings. The first kappa shape index (κ1) is 15.2. The summed E-state index contributed by atoms with van der Waals surface area (Å²) in [7, 11) is 0. The lowest BCUT2D eigenvalue weighted by atomic mass is 9.94. The van der Waals surface area contributed by atoms with Gasteiger partial charge < -0.3 is 4.84 Å². The van der Waals surface area contributed by atoms with E-state index >= 15 is 0 Å². The number of anilines is 1. The highest BCUT2D eigenvalue weighted by Crippen LogP contribution is 2.35. The van der Waals surface area contributed by atoms with Gasteiger partial charge in [0.15, 0.2) is 0 Å². The normalized spacial score (nSPS) is 22.4. The quantitative estimate of drug-likeness (QED) is 0.772. The highest BCUT2D eigenvalue weighted by Gasteiger charge is 2.56. The summed E-state index contributed by atoms with van der Waals surface area (Å²) in [5, 5.41) is 5.05. The van der Waals surface area contributed by atoms with Gasteiger partial charge in [-0.15, -0.1) is 0 Å². The van der Waals surface area contributed by atoms with Crippen LogP contribution in [0.25, 0.3) is 0 Å². The predicted molar refractivity (Wildman–Crippen MR) is 90.3 cm³/mol. The molecule has 2 atom stereocenters. The molecule has 0 aliphatic carbocycles. The molecule has 2 amide bonds. The summed E-state index contributed by atoms with van der Waals surface area (Å²) in [6.07, 6.45) is -0.932. The molecule has 0 saturated carbocycles. The Morgan fingerprint density at radius 3 is 2.08 bits per heavy atom. The van der Waals surface area contributed by atoms with Gasteiger partial charge in [0.1, 0.15) is 11.6 Å². The number of halogens is 2. The third kappa shape index (κ3) is 2.28. The highest BCUT2D eigenvalue weighted by atomic mass is 35.5. The van der Waals surface area contributed by atoms with E-state index in [1.165, 1.54) is 0 Å². The minimum atomic E-state index is -0.932. The van der Waals surface area contributed by atoms with Gasteiger partial charge in [-0.3, -0.25) is 9.59 Å². The molecule has 0 aromatic heterocycles. The Hall–Kier alpha value is -2.37. The van der Waals surface area contributed by atoms with Crippen molar-refractivity contribution < 1.29 is 14.4 Å². The minimum Gasteiger partial charge on any atom is -0.381 e. The van der Waals surface area contributed by atoms with E-state index in [1.54, 1.807) is 48.5 Å². The van der Waals surface area contributed by atoms with Gasteiger partial charge in [-0.2, -0.15) is 0 Å². The van der Waals surface area contributed by atoms with Crippen molar-refractivity contribution in [1.29, 1.82) is 0 Å². The molecule has 24 heavy (non-hydrogen) atoms. The molecule has 0 unspecified atom stereocenters. The summed E-state index contributed by atoms with van der Waals surface area (Å²) >= 11 is 11.7. The van der Waals surface area contributed by atoms with Gasteiger partial charge in [-0.25, -0.2) is 4.90 Å². The number of hydrogen-bond acceptors (Lipinski definition) is 4. The third-order valence-electron chi connectivity index (χ3n) is 4.04. The Balaban J connectivity index is 1.69. The standard InChI is InChI=1S/C17H10Cl2N2O3/c18-10-3-1-9(2-4-10)14-13-15(24-20-14)17(23)21(16(13)22)12-7-5-11(19)6-8-12/h1-8,13,15H/t13-,15-/m0/s1. The van der Waals surface area contributed by atoms with Crippen molar-refractivity contribution >= 4 is 46.4 Å². The Bertz CT molecular complexity index is 862. The number of carbonyl (C=O) groups excluding carboxylic acids is 2. The maximum absolute atomic E-state index is 12.8. The summed E-state index contributed by atoms with van der Waals surface area (Å²) in [5.74, 6) is -1.55. The number of imide groups is 1. The van der Waals surface area contributed by atoms with Crippen LogP contribution in [-0.4, -0.2) is 23.6 Å². The number of benzene rings is 2. The number of fused-ring (bicyclic) bond motifs is 1. The van der Waals surface area contributed by atoms with Gasteiger partial charge in [0.2, 0.25) is 12.0 Å². The van der Waals surface area contributed by atoms with Crippen LogP contribution in [0.3, 0.4) is 0 Å². The summed E-state index contributed by atoms with van der Waals surface area (Å²) in [5.41, 5.74) is 1.60. The fourth-order valence-electron chi connectivity index (χ4n) is 2.88. The number of nitrogens with zero attached hydrogens (tertiary/aromatic N) is 2. The van der Waals surface area contributed by atoms with Gasteiger partial charge in [0.05, 0.1) is 5.69 Å². The average Bonchev–Trinajstić information content (AvgIpc) is 3.11. The first-order chi connectivity index (χ1) is 11.6. The van der Waals surface area contributed by atoms with E-state index in [-0.39, 0.29) is 5.91 Å². The van der Waals surface area contributed by atoms with Crippen LogP contribution in [-0.2, 0) is 14.4 Å². The van der Waals surface area contributed by atoms with Gasteiger partial charge in [-0.1, -0.05) is 40.5 Å². The number of amides is 2. The number of carbonyl (C=O) groups is 2. The maximum Gasteiger partial charge on any atom is 0.278 e. The summed E-state index contributed by atoms with van der Waals surface area (Å²) in [6, 6.07) is 13.4. The van der Waals surface area contributed by atoms with Crippen molar-refractivity contribution in [3.05, 3.63) is 64.1 Å². The van der Waals surface area contributed by atoms with E-state index in [2.05, 4.69) is 5.16 Å². The summed E-state index contributed by atoms with van der Waals surface area (Å²) < 4.78 is 0. The second-order valence-corrected chi connectivity index (χ2v) is 6.35. The molecule has 7 heteroatoms. The maximum atomic E-state index is 12.8. The summed E-state index contributed by atoms with van der Waals surface area (Å²) in [6.45, 7) is 0. The molecule has 0 radical (unpaired) electrons. The zero-order valence-electron chi connectivity index (χ0n) is 12.1. The van der Waals surface area contributed by atoms with Crippen LogP contribution in [0.15, 0.2) is 53.7 Å². The zero-order chi connectivity index (χ0) is 16.8. The smallest absolute Gasteiger partial charge is 0.278 e. The van der Waals surface area contributed by atoms with Crippen LogP contribution < -0.4 is 4.90 Å². The molecular formula is C17H10Cl2N2O3. The zero-order valence-corrected chi connectivity index (χ0v) is 13.7. The van der Waals surface area contributed by atoms with E-state index in [9.17, 15) is 9.59 Å². The molecule has 2 aliphatic rings. The lowest BCUT2D eigenvalue weighted by molar-refractivity contribution is -0.126. The minimum absolute atomic E-state index is 0.362. The van der Waals surface area contributed by atoms with Crippen molar-refractivity contribution in [3.8, 4) is 0 Å². The van der Waals surface area contributed by atoms with Crippen molar-refractivity contribution in [2.24, 2.45) is 11.1 Å². The topological polar surface area (TPSA) is 59.0 Å². The molecule has 4 rings (SSSR count). The molecule has 120 valence electrons. The van der Waals surface area contributed by atoms with E-state index in [0.29, 0.717) is 27.0 Å². The summed E-state index contributed by atoms with van der Waals surface area (Å²) in [4.78, 5) is 31.8. The SMILES string of the molecule is O=C1[C@H]2C(c3ccc(Cl)cc3)=NO[C@@H]2C(=O)N1c1ccc(Cl)cc1. The van der Waals surface area contributed by atoms with Crippen molar-refractivity contribution in [2.75, 3.05) is 4.90 Å². The van der Waals surface area contributed by atoms with Crippen LogP contribution in [0.4, 0.5) is 5.69 Å². The van der Waals surface area contributed by atoms with Gasteiger partial charge in [0.25, 0.3) is 5.91 Å². The van der Waals surface area contributed by atoms with E-state index in [1.807, 2.05) is 0 Å². The van der Waals surface area contributed by atoms with E-state index in [0.717, 1.165) is 4.90 Å². The van der Waals surface area contributed by atoms with Crippen molar-refractivity contribution in [2.45, 2.75) is 6.10 Å². The van der Waals surface area contributed by atoms with Crippen molar-refractivity contribution in [3.63, 3.8) is 0 Å². The molecule has 2 heterocycles. The Kier molecular flexibility index (Phi) is 3.55. The molecule has 2 aliphatic heterocycles. The number of hydrogen-bond donors (Lipinski definition) is 0. The van der Waals surface area contributed by atoms with Gasteiger partial charge >= 0.3 is 0 Å². The van der Waals surface area contributed by atoms with Crippen LogP contribution in [0.2, 0.25) is 10.0 Å². The lowest BCUT2D eigenvalue weighted by Crippen LogP contribution is -2.33. The van der Waals surface area contributed by atoms with E-state index < -0.39 is 17.9 Å². The second-order valence-electron chi connectivity index (χ2n) is 5.48. The van der Waals surface area contributed by atoms with Crippen molar-refractivity contribution in [1.82, 2.24) is 0 Å². The number of oxime groups is 1. The largest absolute Gasteiger partial charge is 0.381 e. The first-order valence-corrected chi connectivity index (χ1v) is 7.95. The first-order valence-electron chi connectivity index (χ1n) is 7.19. The van der Waals surface area contributed by atoms with Crippen LogP contribution in [0.1, 0.15) is 5.56 Å². The van der Waals surface area contributed by atoms with Crippen LogP contribution in [0, 0.1) is 5.92 Å². The Morgan fingerprint density at radius 2 is 1.46 bits per heavy atom. The Labute approximate surface area is 147 Å². The molecule has 0 bridgehead atoms. The molecule has 0 spiro atoms. The van der Waals surface area contributed by atoms with Crippen LogP contribution in [0.5, 0.6) is 0 Å². The predicted octanol–water partition coefficient (Wildman–Crippen LogP) is 3.29. The van der Waals surface area contributed by atoms with Gasteiger partial charge in [0, 0.05) is 15.6 Å². The second kappa shape index (κ2) is 5.61. The number of rotatable bonds is 2. The average molecular weight is 361 g/mol. The fraction of sp³-hybridized carbons (Fsp3) is 0.118. The highest BCUT2D eigenvalue weighted by molar-refractivity contribution is 6.33. The van der Waals surface area contributed by atoms with E-state index in [4.69, 9.17) is 28.0 Å². The molecule has 0 N–H and O–H groups in total. The van der Waals surface area contributed by atoms with Gasteiger partial charge in [-0.05, 0) is 36.4 Å². The molecular weight excluding hydrogens is 351 g/mol.